The van der Waals surface area contributed by atoms with Crippen LogP contribution in [-0.2, 0) is 9.33 Å². The zero-order valence-electron chi connectivity index (χ0n) is 8.95. The molecule has 2 N–H and O–H groups in total. The summed E-state index contributed by atoms with van der Waals surface area (Å²) >= 11 is 0. The Labute approximate surface area is 108 Å². The van der Waals surface area contributed by atoms with Gasteiger partial charge in [-0.05, 0) is 16.8 Å². The smallest absolute Gasteiger partial charge is 0.353 e. The van der Waals surface area contributed by atoms with Crippen LogP contribution in [0.15, 0.2) is 42.5 Å². The second-order valence-electron chi connectivity index (χ2n) is 3.24. The fourth-order valence-corrected chi connectivity index (χ4v) is 1.41. The van der Waals surface area contributed by atoms with E-state index in [-0.39, 0.29) is 0 Å². The van der Waals surface area contributed by atoms with Crippen molar-refractivity contribution in [1.82, 2.24) is 0 Å². The van der Waals surface area contributed by atoms with Gasteiger partial charge < -0.3 is 5.11 Å². The summed E-state index contributed by atoms with van der Waals surface area (Å²) in [6.07, 6.45) is 0. The van der Waals surface area contributed by atoms with Crippen LogP contribution in [0.5, 0.6) is 0 Å². The van der Waals surface area contributed by atoms with Crippen LogP contribution in [0.4, 0.5) is 0 Å². The van der Waals surface area contributed by atoms with E-state index in [1.54, 1.807) is 12.1 Å². The number of halogens is 1. The zero-order valence-corrected chi connectivity index (χ0v) is 10.5. The van der Waals surface area contributed by atoms with Crippen molar-refractivity contribution in [1.29, 1.82) is 0 Å². The molecule has 0 spiro atoms. The van der Waals surface area contributed by atoms with Gasteiger partial charge in [-0.2, -0.15) is 8.42 Å². The van der Waals surface area contributed by atoms with Gasteiger partial charge in [0.1, 0.15) is 0 Å². The van der Waals surface area contributed by atoms with Crippen LogP contribution in [0.2, 0.25) is 0 Å². The monoisotopic (exact) mass is 288 g/mol. The van der Waals surface area contributed by atoms with E-state index in [9.17, 15) is 4.79 Å². The van der Waals surface area contributed by atoms with Crippen molar-refractivity contribution in [3.8, 4) is 0 Å². The molecule has 2 rings (SSSR count). The second kappa shape index (κ2) is 5.81. The molecule has 0 aliphatic carbocycles. The van der Waals surface area contributed by atoms with E-state index in [0.717, 1.165) is 10.8 Å². The van der Waals surface area contributed by atoms with Gasteiger partial charge in [-0.15, -0.1) is 0 Å². The van der Waals surface area contributed by atoms with Gasteiger partial charge in [0.2, 0.25) is 0 Å². The summed E-state index contributed by atoms with van der Waals surface area (Å²) < 4.78 is 25.2. The Kier molecular flexibility index (Phi) is 4.66. The summed E-state index contributed by atoms with van der Waals surface area (Å²) in [7, 11) is -0.137. The number of fused-ring (bicyclic) bond motifs is 1. The first-order chi connectivity index (χ1) is 8.29. The Morgan fingerprint density at radius 2 is 1.56 bits per heavy atom. The lowest BCUT2D eigenvalue weighted by atomic mass is 10.1. The highest BCUT2D eigenvalue weighted by Crippen LogP contribution is 2.17. The highest BCUT2D eigenvalue weighted by molar-refractivity contribution is 8.09. The Bertz CT molecular complexity index is 653. The van der Waals surface area contributed by atoms with Crippen LogP contribution in [0.1, 0.15) is 10.4 Å². The van der Waals surface area contributed by atoms with E-state index in [4.69, 9.17) is 18.1 Å². The summed E-state index contributed by atoms with van der Waals surface area (Å²) in [4.78, 5) is 10.8. The summed E-state index contributed by atoms with van der Waals surface area (Å²) in [6.45, 7) is 0. The molecule has 0 bridgehead atoms. The molecule has 2 aromatic rings. The third kappa shape index (κ3) is 4.70. The molecule has 0 fully saturated rings. The van der Waals surface area contributed by atoms with Crippen LogP contribution < -0.4 is 0 Å². The molecule has 0 atom stereocenters. The first-order valence-corrected chi connectivity index (χ1v) is 6.94. The molecule has 7 heteroatoms. The number of hydrogen-bond acceptors (Lipinski definition) is 3. The molecular weight excluding hydrogens is 280 g/mol. The first kappa shape index (κ1) is 14.4. The molecule has 5 nitrogen and oxygen atoms in total. The van der Waals surface area contributed by atoms with Crippen molar-refractivity contribution in [3.63, 3.8) is 0 Å². The lowest BCUT2D eigenvalue weighted by Crippen LogP contribution is -1.96. The van der Waals surface area contributed by atoms with Crippen LogP contribution >= 0.6 is 10.7 Å². The van der Waals surface area contributed by atoms with E-state index < -0.39 is 15.3 Å². The zero-order chi connectivity index (χ0) is 13.8. The molecule has 18 heavy (non-hydrogen) atoms. The topological polar surface area (TPSA) is 91.7 Å². The summed E-state index contributed by atoms with van der Waals surface area (Å²) in [5.74, 6) is -0.878. The Morgan fingerprint density at radius 3 is 2.11 bits per heavy atom. The molecule has 0 saturated carbocycles. The van der Waals surface area contributed by atoms with Gasteiger partial charge in [0, 0.05) is 10.7 Å². The summed E-state index contributed by atoms with van der Waals surface area (Å²) in [5, 5.41) is 10.6. The molecule has 0 radical (unpaired) electrons. The Balaban J connectivity index is 0.000000280. The molecule has 0 aromatic heterocycles. The lowest BCUT2D eigenvalue weighted by Gasteiger charge is -2.00. The van der Waals surface area contributed by atoms with Gasteiger partial charge in [-0.1, -0.05) is 36.4 Å². The van der Waals surface area contributed by atoms with Gasteiger partial charge in [-0.3, -0.25) is 4.55 Å². The minimum absolute atomic E-state index is 0.359. The number of hydrogen-bond donors (Lipinski definition) is 2. The third-order valence-electron chi connectivity index (χ3n) is 2.02. The Hall–Kier alpha value is -1.63. The molecule has 0 aliphatic rings. The molecular formula is C11H9ClO5S. The van der Waals surface area contributed by atoms with Gasteiger partial charge in [0.25, 0.3) is 0 Å². The first-order valence-electron chi connectivity index (χ1n) is 4.67. The number of carboxylic acids is 1. The molecule has 96 valence electrons. The van der Waals surface area contributed by atoms with E-state index in [0.29, 0.717) is 5.56 Å². The predicted octanol–water partition coefficient (Wildman–Crippen LogP) is 2.57. The molecule has 0 aliphatic heterocycles. The number of rotatable bonds is 1. The normalized spacial score (nSPS) is 10.6. The van der Waals surface area contributed by atoms with Crippen LogP contribution in [-0.4, -0.2) is 24.0 Å². The summed E-state index contributed by atoms with van der Waals surface area (Å²) in [5.41, 5.74) is 0.359. The number of benzene rings is 2. The molecule has 0 unspecified atom stereocenters. The standard InChI is InChI=1S/C11H8O2.ClHO3S/c12-11(13)10-7-3-5-8-4-1-2-6-9(8)10;1-5(2,3)4/h1-7H,(H,12,13);(H,2,3,4). The molecule has 0 saturated heterocycles. The largest absolute Gasteiger partial charge is 0.478 e. The van der Waals surface area contributed by atoms with E-state index >= 15 is 0 Å². The van der Waals surface area contributed by atoms with Crippen molar-refractivity contribution < 1.29 is 22.9 Å². The summed E-state index contributed by atoms with van der Waals surface area (Å²) in [6, 6.07) is 12.7. The van der Waals surface area contributed by atoms with Crippen molar-refractivity contribution in [3.05, 3.63) is 48.0 Å². The highest BCUT2D eigenvalue weighted by atomic mass is 35.7. The second-order valence-corrected chi connectivity index (χ2v) is 5.24. The lowest BCUT2D eigenvalue weighted by molar-refractivity contribution is 0.0699. The van der Waals surface area contributed by atoms with E-state index in [1.807, 2.05) is 30.3 Å². The van der Waals surface area contributed by atoms with Gasteiger partial charge >= 0.3 is 15.3 Å². The van der Waals surface area contributed by atoms with E-state index in [1.165, 1.54) is 0 Å². The van der Waals surface area contributed by atoms with Gasteiger partial charge in [0.05, 0.1) is 5.56 Å². The van der Waals surface area contributed by atoms with Gasteiger partial charge in [-0.25, -0.2) is 4.79 Å². The van der Waals surface area contributed by atoms with Crippen LogP contribution in [0.25, 0.3) is 10.8 Å². The SMILES string of the molecule is O=C(O)c1cccc2ccccc12.O=S(=O)(O)Cl. The maximum atomic E-state index is 10.8. The van der Waals surface area contributed by atoms with Crippen molar-refractivity contribution in [2.24, 2.45) is 0 Å². The van der Waals surface area contributed by atoms with Crippen molar-refractivity contribution in [2.45, 2.75) is 0 Å². The molecule has 0 amide bonds. The number of carboxylic acid groups (broad SMARTS) is 1. The molecule has 2 aromatic carbocycles. The quantitative estimate of drug-likeness (QED) is 0.621. The van der Waals surface area contributed by atoms with Crippen molar-refractivity contribution in [2.75, 3.05) is 0 Å². The maximum absolute atomic E-state index is 10.8. The maximum Gasteiger partial charge on any atom is 0.353 e. The third-order valence-corrected chi connectivity index (χ3v) is 2.02. The highest BCUT2D eigenvalue weighted by Gasteiger charge is 2.05. The minimum atomic E-state index is -4.19. The van der Waals surface area contributed by atoms with Gasteiger partial charge in [0.15, 0.2) is 0 Å². The average molecular weight is 289 g/mol. The van der Waals surface area contributed by atoms with E-state index in [2.05, 4.69) is 10.7 Å². The van der Waals surface area contributed by atoms with Crippen molar-refractivity contribution >= 4 is 36.8 Å². The molecule has 0 heterocycles. The predicted molar refractivity (Wildman–Crippen MR) is 68.3 cm³/mol. The Morgan fingerprint density at radius 1 is 1.06 bits per heavy atom. The number of aromatic carboxylic acids is 1. The fourth-order valence-electron chi connectivity index (χ4n) is 1.41. The van der Waals surface area contributed by atoms with Crippen LogP contribution in [0, 0.1) is 0 Å². The average Bonchev–Trinajstić information content (AvgIpc) is 2.26. The number of carbonyl (C=O) groups is 1. The fraction of sp³-hybridized carbons (Fsp3) is 0. The van der Waals surface area contributed by atoms with Crippen LogP contribution in [0.3, 0.4) is 0 Å². The minimum Gasteiger partial charge on any atom is -0.478 e.